The van der Waals surface area contributed by atoms with Crippen LogP contribution in [0.15, 0.2) is 60.1 Å². The molecule has 3 aromatic rings. The molecule has 5 rings (SSSR count). The molecule has 0 unspecified atom stereocenters. The van der Waals surface area contributed by atoms with Crippen molar-refractivity contribution in [1.82, 2.24) is 9.88 Å². The number of aromatic nitrogens is 1. The fraction of sp³-hybridized carbons (Fsp3) is 0.261. The van der Waals surface area contributed by atoms with Crippen LogP contribution in [-0.2, 0) is 11.3 Å². The van der Waals surface area contributed by atoms with Crippen molar-refractivity contribution in [2.75, 3.05) is 18.0 Å². The Labute approximate surface area is 178 Å². The molecule has 2 aromatic heterocycles. The van der Waals surface area contributed by atoms with Gasteiger partial charge in [-0.2, -0.15) is 0 Å². The largest absolute Gasteiger partial charge is 0.444 e. The number of carbonyl (C=O) groups excluding carboxylic acids is 2. The molecule has 4 heterocycles. The SMILES string of the molecule is O=C(c1ccc(-c2cccs2)nc1)N1CCC(N2C(=O)OCc3ccccc32)CC1. The van der Waals surface area contributed by atoms with Crippen molar-refractivity contribution in [3.8, 4) is 10.6 Å². The molecule has 0 aliphatic carbocycles. The Hall–Kier alpha value is -3.19. The standard InChI is InChI=1S/C23H21N3O3S/c27-22(16-7-8-19(24-14-16)21-6-3-13-30-21)25-11-9-18(10-12-25)26-20-5-2-1-4-17(20)15-29-23(26)28/h1-8,13-14,18H,9-12,15H2. The van der Waals surface area contributed by atoms with Gasteiger partial charge in [0.2, 0.25) is 0 Å². The summed E-state index contributed by atoms with van der Waals surface area (Å²) >= 11 is 1.63. The summed E-state index contributed by atoms with van der Waals surface area (Å²) in [5.41, 5.74) is 3.42. The zero-order valence-corrected chi connectivity index (χ0v) is 17.2. The number of fused-ring (bicyclic) bond motifs is 1. The average Bonchev–Trinajstić information content (AvgIpc) is 3.34. The van der Waals surface area contributed by atoms with E-state index in [0.717, 1.165) is 34.7 Å². The summed E-state index contributed by atoms with van der Waals surface area (Å²) in [7, 11) is 0. The van der Waals surface area contributed by atoms with E-state index < -0.39 is 0 Å². The van der Waals surface area contributed by atoms with E-state index in [9.17, 15) is 9.59 Å². The van der Waals surface area contributed by atoms with Crippen LogP contribution in [0.4, 0.5) is 10.5 Å². The smallest absolute Gasteiger partial charge is 0.414 e. The van der Waals surface area contributed by atoms with E-state index in [2.05, 4.69) is 4.98 Å². The van der Waals surface area contributed by atoms with Crippen LogP contribution in [-0.4, -0.2) is 41.0 Å². The number of cyclic esters (lactones) is 1. The maximum Gasteiger partial charge on any atom is 0.414 e. The van der Waals surface area contributed by atoms with E-state index in [0.29, 0.717) is 25.3 Å². The molecule has 0 N–H and O–H groups in total. The number of amides is 2. The van der Waals surface area contributed by atoms with Crippen LogP contribution in [0, 0.1) is 0 Å². The van der Waals surface area contributed by atoms with Gasteiger partial charge in [-0.3, -0.25) is 14.7 Å². The Bertz CT molecular complexity index is 1060. The first-order chi connectivity index (χ1) is 14.7. The van der Waals surface area contributed by atoms with E-state index in [4.69, 9.17) is 4.74 Å². The first-order valence-electron chi connectivity index (χ1n) is 10.0. The van der Waals surface area contributed by atoms with Crippen molar-refractivity contribution in [2.45, 2.75) is 25.5 Å². The number of pyridine rings is 1. The van der Waals surface area contributed by atoms with Gasteiger partial charge in [-0.05, 0) is 42.5 Å². The highest BCUT2D eigenvalue weighted by Gasteiger charge is 2.35. The van der Waals surface area contributed by atoms with Crippen LogP contribution >= 0.6 is 11.3 Å². The van der Waals surface area contributed by atoms with Crippen LogP contribution in [0.25, 0.3) is 10.6 Å². The van der Waals surface area contributed by atoms with Crippen LogP contribution in [0.5, 0.6) is 0 Å². The third-order valence-electron chi connectivity index (χ3n) is 5.70. The van der Waals surface area contributed by atoms with Gasteiger partial charge in [0, 0.05) is 30.9 Å². The summed E-state index contributed by atoms with van der Waals surface area (Å²) in [4.78, 5) is 34.5. The highest BCUT2D eigenvalue weighted by Crippen LogP contribution is 2.32. The van der Waals surface area contributed by atoms with Crippen LogP contribution in [0.3, 0.4) is 0 Å². The van der Waals surface area contributed by atoms with Crippen molar-refractivity contribution in [3.05, 3.63) is 71.2 Å². The molecule has 2 amide bonds. The van der Waals surface area contributed by atoms with Crippen molar-refractivity contribution >= 4 is 29.0 Å². The molecule has 152 valence electrons. The lowest BCUT2D eigenvalue weighted by Gasteiger charge is -2.40. The van der Waals surface area contributed by atoms with E-state index >= 15 is 0 Å². The maximum atomic E-state index is 12.9. The van der Waals surface area contributed by atoms with E-state index in [1.54, 1.807) is 22.4 Å². The highest BCUT2D eigenvalue weighted by molar-refractivity contribution is 7.13. The first kappa shape index (κ1) is 18.8. The minimum absolute atomic E-state index is 0.0136. The van der Waals surface area contributed by atoms with Crippen molar-refractivity contribution in [1.29, 1.82) is 0 Å². The summed E-state index contributed by atoms with van der Waals surface area (Å²) in [5.74, 6) is -0.0136. The average molecular weight is 420 g/mol. The summed E-state index contributed by atoms with van der Waals surface area (Å²) in [6, 6.07) is 15.6. The number of ether oxygens (including phenoxy) is 1. The molecule has 0 spiro atoms. The number of nitrogens with zero attached hydrogens (tertiary/aromatic N) is 3. The topological polar surface area (TPSA) is 62.7 Å². The molecular formula is C23H21N3O3S. The number of anilines is 1. The van der Waals surface area contributed by atoms with Gasteiger partial charge in [-0.15, -0.1) is 11.3 Å². The second-order valence-corrected chi connectivity index (χ2v) is 8.43. The van der Waals surface area contributed by atoms with Gasteiger partial charge in [0.15, 0.2) is 0 Å². The highest BCUT2D eigenvalue weighted by atomic mass is 32.1. The lowest BCUT2D eigenvalue weighted by molar-refractivity contribution is 0.0708. The summed E-state index contributed by atoms with van der Waals surface area (Å²) < 4.78 is 5.35. The van der Waals surface area contributed by atoms with Gasteiger partial charge in [-0.25, -0.2) is 4.79 Å². The maximum absolute atomic E-state index is 12.9. The lowest BCUT2D eigenvalue weighted by atomic mass is 10.00. The van der Waals surface area contributed by atoms with Crippen LogP contribution in [0.1, 0.15) is 28.8 Å². The Morgan fingerprint density at radius 1 is 1.07 bits per heavy atom. The van der Waals surface area contributed by atoms with E-state index in [1.165, 1.54) is 0 Å². The molecule has 2 aliphatic heterocycles. The van der Waals surface area contributed by atoms with Gasteiger partial charge in [0.1, 0.15) is 6.61 Å². The Balaban J connectivity index is 1.26. The minimum Gasteiger partial charge on any atom is -0.444 e. The minimum atomic E-state index is -0.299. The van der Waals surface area contributed by atoms with Gasteiger partial charge in [-0.1, -0.05) is 24.3 Å². The second-order valence-electron chi connectivity index (χ2n) is 7.49. The molecule has 0 bridgehead atoms. The summed E-state index contributed by atoms with van der Waals surface area (Å²) in [6.45, 7) is 1.52. The number of rotatable bonds is 3. The molecule has 7 heteroatoms. The number of hydrogen-bond donors (Lipinski definition) is 0. The predicted molar refractivity (Wildman–Crippen MR) is 116 cm³/mol. The molecule has 30 heavy (non-hydrogen) atoms. The third-order valence-corrected chi connectivity index (χ3v) is 6.59. The number of carbonyl (C=O) groups is 2. The Morgan fingerprint density at radius 2 is 1.90 bits per heavy atom. The molecule has 0 atom stereocenters. The van der Waals surface area contributed by atoms with E-state index in [-0.39, 0.29) is 18.0 Å². The van der Waals surface area contributed by atoms with Crippen LogP contribution < -0.4 is 4.90 Å². The van der Waals surface area contributed by atoms with Gasteiger partial charge in [0.05, 0.1) is 21.8 Å². The summed E-state index contributed by atoms with van der Waals surface area (Å²) in [6.07, 6.45) is 2.79. The number of para-hydroxylation sites is 1. The Morgan fingerprint density at radius 3 is 2.63 bits per heavy atom. The molecule has 1 saturated heterocycles. The number of benzene rings is 1. The number of thiophene rings is 1. The molecule has 0 radical (unpaired) electrons. The fourth-order valence-electron chi connectivity index (χ4n) is 4.12. The number of hydrogen-bond acceptors (Lipinski definition) is 5. The fourth-order valence-corrected chi connectivity index (χ4v) is 4.82. The lowest BCUT2D eigenvalue weighted by Crippen LogP contribution is -2.50. The molecule has 1 fully saturated rings. The van der Waals surface area contributed by atoms with E-state index in [1.807, 2.05) is 58.8 Å². The molecular weight excluding hydrogens is 398 g/mol. The quantitative estimate of drug-likeness (QED) is 0.624. The van der Waals surface area contributed by atoms with Crippen molar-refractivity contribution in [2.24, 2.45) is 0 Å². The zero-order chi connectivity index (χ0) is 20.5. The molecule has 6 nitrogen and oxygen atoms in total. The summed E-state index contributed by atoms with van der Waals surface area (Å²) in [5, 5.41) is 2.01. The van der Waals surface area contributed by atoms with Gasteiger partial charge >= 0.3 is 6.09 Å². The van der Waals surface area contributed by atoms with Gasteiger partial charge < -0.3 is 9.64 Å². The van der Waals surface area contributed by atoms with Gasteiger partial charge in [0.25, 0.3) is 5.91 Å². The number of piperidine rings is 1. The second kappa shape index (κ2) is 7.91. The van der Waals surface area contributed by atoms with Crippen molar-refractivity contribution in [3.63, 3.8) is 0 Å². The predicted octanol–water partition coefficient (Wildman–Crippen LogP) is 4.57. The van der Waals surface area contributed by atoms with Crippen LogP contribution in [0.2, 0.25) is 0 Å². The molecule has 2 aliphatic rings. The first-order valence-corrected chi connectivity index (χ1v) is 10.9. The Kier molecular flexibility index (Phi) is 4.96. The molecule has 1 aromatic carbocycles. The monoisotopic (exact) mass is 419 g/mol. The zero-order valence-electron chi connectivity index (χ0n) is 16.4. The molecule has 0 saturated carbocycles. The third kappa shape index (κ3) is 3.45. The number of likely N-dealkylation sites (tertiary alicyclic amines) is 1. The van der Waals surface area contributed by atoms with Crippen molar-refractivity contribution < 1.29 is 14.3 Å². The normalized spacial score (nSPS) is 16.9.